The molecule has 8 heteroatoms. The highest BCUT2D eigenvalue weighted by molar-refractivity contribution is 5.95. The number of rotatable bonds is 14. The predicted octanol–water partition coefficient (Wildman–Crippen LogP) is 1.74. The van der Waals surface area contributed by atoms with Crippen molar-refractivity contribution in [3.05, 3.63) is 35.4 Å². The second kappa shape index (κ2) is 14.1. The van der Waals surface area contributed by atoms with E-state index in [9.17, 15) is 19.8 Å². The molecule has 0 bridgehead atoms. The van der Waals surface area contributed by atoms with Crippen LogP contribution in [0, 0.1) is 0 Å². The van der Waals surface area contributed by atoms with Crippen molar-refractivity contribution in [3.63, 3.8) is 0 Å². The van der Waals surface area contributed by atoms with E-state index in [1.807, 2.05) is 0 Å². The summed E-state index contributed by atoms with van der Waals surface area (Å²) in [7, 11) is 0. The van der Waals surface area contributed by atoms with E-state index in [1.165, 1.54) is 24.3 Å². The van der Waals surface area contributed by atoms with Crippen LogP contribution in [0.25, 0.3) is 0 Å². The van der Waals surface area contributed by atoms with Gasteiger partial charge in [0, 0.05) is 26.1 Å². The van der Waals surface area contributed by atoms with E-state index in [2.05, 4.69) is 0 Å². The second-order valence-electron chi connectivity index (χ2n) is 6.45. The second-order valence-corrected chi connectivity index (χ2v) is 6.45. The van der Waals surface area contributed by atoms with Crippen LogP contribution < -0.4 is 0 Å². The van der Waals surface area contributed by atoms with Gasteiger partial charge in [-0.2, -0.15) is 0 Å². The van der Waals surface area contributed by atoms with Crippen LogP contribution in [-0.2, 0) is 9.47 Å². The number of carbonyl (C=O) groups excluding carboxylic acids is 2. The maximum Gasteiger partial charge on any atom is 0.340 e. The predicted molar refractivity (Wildman–Crippen MR) is 100 cm³/mol. The first-order valence-corrected chi connectivity index (χ1v) is 9.57. The Labute approximate surface area is 164 Å². The minimum atomic E-state index is -1.26. The number of hydrogen-bond acceptors (Lipinski definition) is 8. The Morgan fingerprint density at radius 2 is 1.18 bits per heavy atom. The van der Waals surface area contributed by atoms with Gasteiger partial charge in [-0.05, 0) is 43.9 Å². The van der Waals surface area contributed by atoms with Crippen LogP contribution in [0.15, 0.2) is 24.3 Å². The van der Waals surface area contributed by atoms with Crippen molar-refractivity contribution in [1.82, 2.24) is 0 Å². The summed E-state index contributed by atoms with van der Waals surface area (Å²) in [5.41, 5.74) is 0.169. The fourth-order valence-corrected chi connectivity index (χ4v) is 2.49. The Morgan fingerprint density at radius 1 is 0.750 bits per heavy atom. The highest BCUT2D eigenvalue weighted by Gasteiger charge is 2.17. The van der Waals surface area contributed by atoms with Gasteiger partial charge >= 0.3 is 11.9 Å². The Bertz CT molecular complexity index is 542. The average molecular weight is 398 g/mol. The lowest BCUT2D eigenvalue weighted by Crippen LogP contribution is -2.19. The molecule has 1 aromatic rings. The molecule has 28 heavy (non-hydrogen) atoms. The van der Waals surface area contributed by atoms with Crippen molar-refractivity contribution in [1.29, 1.82) is 0 Å². The number of aliphatic hydroxyl groups is 4. The van der Waals surface area contributed by atoms with Crippen LogP contribution in [-0.4, -0.2) is 58.2 Å². The van der Waals surface area contributed by atoms with E-state index in [0.29, 0.717) is 25.7 Å². The molecule has 0 aliphatic rings. The fraction of sp³-hybridized carbons (Fsp3) is 0.600. The number of hydrogen-bond donors (Lipinski definition) is 4. The zero-order chi connectivity index (χ0) is 20.8. The maximum atomic E-state index is 12.1. The van der Waals surface area contributed by atoms with Crippen LogP contribution in [0.3, 0.4) is 0 Å². The molecule has 0 amide bonds. The molecule has 0 aromatic heterocycles. The summed E-state index contributed by atoms with van der Waals surface area (Å²) in [4.78, 5) is 24.2. The zero-order valence-electron chi connectivity index (χ0n) is 16.0. The molecule has 0 fully saturated rings. The number of ether oxygens (including phenoxy) is 2. The third-order valence-corrected chi connectivity index (χ3v) is 4.04. The first-order chi connectivity index (χ1) is 13.5. The van der Waals surface area contributed by atoms with E-state index < -0.39 is 24.5 Å². The van der Waals surface area contributed by atoms with Gasteiger partial charge in [0.15, 0.2) is 0 Å². The van der Waals surface area contributed by atoms with Gasteiger partial charge in [-0.25, -0.2) is 9.59 Å². The fourth-order valence-electron chi connectivity index (χ4n) is 2.49. The minimum absolute atomic E-state index is 0.0795. The summed E-state index contributed by atoms with van der Waals surface area (Å²) in [5.74, 6) is -1.54. The zero-order valence-corrected chi connectivity index (χ0v) is 16.0. The van der Waals surface area contributed by atoms with Gasteiger partial charge in [0.2, 0.25) is 12.6 Å². The van der Waals surface area contributed by atoms with E-state index in [1.54, 1.807) is 0 Å². The van der Waals surface area contributed by atoms with Crippen LogP contribution >= 0.6 is 0 Å². The van der Waals surface area contributed by atoms with E-state index in [-0.39, 0.29) is 37.2 Å². The standard InChI is InChI=1S/C20H30O8/c21-12-5-1-3-10-17(23)27-19(25)15-8-7-9-16(14-15)20(26)28-18(24)11-4-2-6-13-22/h7-9,14,17-18,21-24H,1-6,10-13H2. The summed E-state index contributed by atoms with van der Waals surface area (Å²) in [6.07, 6.45) is 1.89. The molecule has 0 spiro atoms. The van der Waals surface area contributed by atoms with Crippen molar-refractivity contribution in [2.45, 2.75) is 63.9 Å². The van der Waals surface area contributed by atoms with Crippen molar-refractivity contribution in [2.75, 3.05) is 13.2 Å². The normalized spacial score (nSPS) is 13.0. The molecular formula is C20H30O8. The van der Waals surface area contributed by atoms with E-state index in [0.717, 1.165) is 12.8 Å². The molecule has 158 valence electrons. The summed E-state index contributed by atoms with van der Waals surface area (Å²) < 4.78 is 9.88. The lowest BCUT2D eigenvalue weighted by Gasteiger charge is -2.13. The van der Waals surface area contributed by atoms with Gasteiger partial charge in [-0.3, -0.25) is 0 Å². The van der Waals surface area contributed by atoms with Gasteiger partial charge in [-0.1, -0.05) is 18.9 Å². The van der Waals surface area contributed by atoms with E-state index in [4.69, 9.17) is 19.7 Å². The number of esters is 2. The molecule has 0 saturated carbocycles. The number of unbranched alkanes of at least 4 members (excludes halogenated alkanes) is 4. The third-order valence-electron chi connectivity index (χ3n) is 4.04. The van der Waals surface area contributed by atoms with Gasteiger partial charge in [-0.15, -0.1) is 0 Å². The lowest BCUT2D eigenvalue weighted by molar-refractivity contribution is -0.0698. The molecule has 2 atom stereocenters. The summed E-state index contributed by atoms with van der Waals surface area (Å²) in [6.45, 7) is 0.159. The minimum Gasteiger partial charge on any atom is -0.432 e. The monoisotopic (exact) mass is 398 g/mol. The van der Waals surface area contributed by atoms with Crippen LogP contribution in [0.2, 0.25) is 0 Å². The molecule has 0 aliphatic heterocycles. The Balaban J connectivity index is 2.50. The topological polar surface area (TPSA) is 134 Å². The van der Waals surface area contributed by atoms with Gasteiger partial charge in [0.1, 0.15) is 0 Å². The van der Waals surface area contributed by atoms with E-state index >= 15 is 0 Å². The third kappa shape index (κ3) is 9.80. The van der Waals surface area contributed by atoms with Crippen LogP contribution in [0.1, 0.15) is 72.1 Å². The highest BCUT2D eigenvalue weighted by atomic mass is 16.6. The number of benzene rings is 1. The first-order valence-electron chi connectivity index (χ1n) is 9.57. The Morgan fingerprint density at radius 3 is 1.57 bits per heavy atom. The summed E-state index contributed by atoms with van der Waals surface area (Å²) in [5, 5.41) is 36.9. The van der Waals surface area contributed by atoms with Crippen LogP contribution in [0.5, 0.6) is 0 Å². The smallest absolute Gasteiger partial charge is 0.340 e. The molecular weight excluding hydrogens is 368 g/mol. The van der Waals surface area contributed by atoms with Crippen molar-refractivity contribution < 1.29 is 39.5 Å². The quantitative estimate of drug-likeness (QED) is 0.212. The largest absolute Gasteiger partial charge is 0.432 e. The first kappa shape index (κ1) is 24.0. The molecule has 4 N–H and O–H groups in total. The van der Waals surface area contributed by atoms with Crippen molar-refractivity contribution in [3.8, 4) is 0 Å². The molecule has 0 heterocycles. The average Bonchev–Trinajstić information content (AvgIpc) is 2.68. The maximum absolute atomic E-state index is 12.1. The number of aliphatic hydroxyl groups excluding tert-OH is 4. The summed E-state index contributed by atoms with van der Waals surface area (Å²) in [6, 6.07) is 5.65. The van der Waals surface area contributed by atoms with Crippen molar-refractivity contribution in [2.24, 2.45) is 0 Å². The molecule has 1 aromatic carbocycles. The lowest BCUT2D eigenvalue weighted by atomic mass is 10.1. The molecule has 2 unspecified atom stereocenters. The van der Waals surface area contributed by atoms with Crippen molar-refractivity contribution >= 4 is 11.9 Å². The Kier molecular flexibility index (Phi) is 12.1. The molecule has 1 rings (SSSR count). The number of carbonyl (C=O) groups is 2. The molecule has 0 aliphatic carbocycles. The summed E-state index contributed by atoms with van der Waals surface area (Å²) >= 11 is 0. The SMILES string of the molecule is O=C(OC(O)CCCCCO)c1cccc(C(=O)OC(O)CCCCCO)c1. The molecule has 0 saturated heterocycles. The molecule has 8 nitrogen and oxygen atoms in total. The van der Waals surface area contributed by atoms with Gasteiger partial charge in [0.05, 0.1) is 11.1 Å². The molecule has 0 radical (unpaired) electrons. The Hall–Kier alpha value is -2.00. The highest BCUT2D eigenvalue weighted by Crippen LogP contribution is 2.13. The van der Waals surface area contributed by atoms with Crippen LogP contribution in [0.4, 0.5) is 0 Å². The van der Waals surface area contributed by atoms with Gasteiger partial charge < -0.3 is 29.9 Å². The van der Waals surface area contributed by atoms with Gasteiger partial charge in [0.25, 0.3) is 0 Å².